The molecule has 3 nitrogen and oxygen atoms in total. The molecule has 1 heterocycles. The molecular weight excluding hydrogens is 370 g/mol. The minimum absolute atomic E-state index is 0.245. The molecule has 0 amide bonds. The van der Waals surface area contributed by atoms with Gasteiger partial charge in [0.25, 0.3) is 0 Å². The van der Waals surface area contributed by atoms with E-state index in [2.05, 4.69) is 72.1 Å². The predicted molar refractivity (Wildman–Crippen MR) is 121 cm³/mol. The molecule has 3 aromatic rings. The van der Waals surface area contributed by atoms with E-state index in [1.165, 1.54) is 16.7 Å². The number of allylic oxidation sites excluding steroid dienone is 2. The molecule has 0 fully saturated rings. The maximum Gasteiger partial charge on any atom is 0.143 e. The summed E-state index contributed by atoms with van der Waals surface area (Å²) in [6.45, 7) is 3.26. The van der Waals surface area contributed by atoms with Crippen molar-refractivity contribution in [1.82, 2.24) is 0 Å². The Hall–Kier alpha value is -3.20. The summed E-state index contributed by atoms with van der Waals surface area (Å²) in [5.41, 5.74) is 4.93. The monoisotopic (exact) mass is 397 g/mol. The third kappa shape index (κ3) is 3.56. The Bertz CT molecular complexity index is 1030. The molecule has 152 valence electrons. The fourth-order valence-electron chi connectivity index (χ4n) is 4.72. The number of anilines is 1. The first-order valence-corrected chi connectivity index (χ1v) is 10.8. The van der Waals surface area contributed by atoms with Gasteiger partial charge in [0.15, 0.2) is 0 Å². The zero-order valence-corrected chi connectivity index (χ0v) is 17.3. The Morgan fingerprint density at radius 1 is 0.900 bits per heavy atom. The number of para-hydroxylation sites is 1. The minimum atomic E-state index is 0.245. The van der Waals surface area contributed by atoms with Gasteiger partial charge in [0, 0.05) is 5.92 Å². The van der Waals surface area contributed by atoms with Crippen LogP contribution in [0.5, 0.6) is 11.5 Å². The Labute approximate surface area is 178 Å². The molecule has 0 aromatic heterocycles. The minimum Gasteiger partial charge on any atom is -0.494 e. The standard InChI is InChI=1S/C27H27NO2/c1-2-29-21-16-14-20(15-17-21)26-23-11-6-10-22(23)24-12-7-13-25(27(24)28-26)30-18-19-8-4-3-5-9-19/h3-10,12-17,22-23,26,28H,2,11,18H2,1H3. The van der Waals surface area contributed by atoms with Gasteiger partial charge in [0.1, 0.15) is 18.1 Å². The lowest BCUT2D eigenvalue weighted by atomic mass is 9.77. The second-order valence-corrected chi connectivity index (χ2v) is 7.97. The highest BCUT2D eigenvalue weighted by Crippen LogP contribution is 2.52. The topological polar surface area (TPSA) is 30.5 Å². The van der Waals surface area contributed by atoms with E-state index >= 15 is 0 Å². The third-order valence-corrected chi connectivity index (χ3v) is 6.15. The largest absolute Gasteiger partial charge is 0.494 e. The van der Waals surface area contributed by atoms with Gasteiger partial charge in [-0.1, -0.05) is 66.7 Å². The van der Waals surface area contributed by atoms with Gasteiger partial charge in [0.05, 0.1) is 18.3 Å². The lowest BCUT2D eigenvalue weighted by molar-refractivity contribution is 0.304. The number of rotatable bonds is 6. The van der Waals surface area contributed by atoms with Crippen molar-refractivity contribution in [1.29, 1.82) is 0 Å². The van der Waals surface area contributed by atoms with Crippen LogP contribution in [0.2, 0.25) is 0 Å². The van der Waals surface area contributed by atoms with Gasteiger partial charge in [-0.25, -0.2) is 0 Å². The van der Waals surface area contributed by atoms with Crippen LogP contribution in [0, 0.1) is 5.92 Å². The highest BCUT2D eigenvalue weighted by atomic mass is 16.5. The summed E-state index contributed by atoms with van der Waals surface area (Å²) in [4.78, 5) is 0. The van der Waals surface area contributed by atoms with E-state index in [1.54, 1.807) is 0 Å². The van der Waals surface area contributed by atoms with Crippen LogP contribution in [-0.4, -0.2) is 6.61 Å². The van der Waals surface area contributed by atoms with Crippen LogP contribution in [-0.2, 0) is 6.61 Å². The van der Waals surface area contributed by atoms with Crippen LogP contribution in [0.1, 0.15) is 42.0 Å². The second kappa shape index (κ2) is 8.27. The van der Waals surface area contributed by atoms with Crippen molar-refractivity contribution in [2.24, 2.45) is 5.92 Å². The summed E-state index contributed by atoms with van der Waals surface area (Å²) in [6.07, 6.45) is 5.78. The summed E-state index contributed by atoms with van der Waals surface area (Å²) in [7, 11) is 0. The molecule has 0 bridgehead atoms. The fraction of sp³-hybridized carbons (Fsp3) is 0.259. The van der Waals surface area contributed by atoms with Crippen molar-refractivity contribution in [3.05, 3.63) is 102 Å². The highest BCUT2D eigenvalue weighted by molar-refractivity contribution is 5.67. The van der Waals surface area contributed by atoms with E-state index in [-0.39, 0.29) is 6.04 Å². The smallest absolute Gasteiger partial charge is 0.143 e. The van der Waals surface area contributed by atoms with Crippen molar-refractivity contribution >= 4 is 5.69 Å². The van der Waals surface area contributed by atoms with E-state index < -0.39 is 0 Å². The van der Waals surface area contributed by atoms with Gasteiger partial charge in [-0.2, -0.15) is 0 Å². The summed E-state index contributed by atoms with van der Waals surface area (Å²) < 4.78 is 11.9. The molecule has 3 aromatic carbocycles. The van der Waals surface area contributed by atoms with Crippen LogP contribution < -0.4 is 14.8 Å². The van der Waals surface area contributed by atoms with Gasteiger partial charge in [-0.3, -0.25) is 0 Å². The molecule has 3 heteroatoms. The second-order valence-electron chi connectivity index (χ2n) is 7.97. The van der Waals surface area contributed by atoms with Crippen molar-refractivity contribution < 1.29 is 9.47 Å². The maximum atomic E-state index is 6.27. The number of nitrogens with one attached hydrogen (secondary N) is 1. The molecular formula is C27H27NO2. The zero-order valence-electron chi connectivity index (χ0n) is 17.3. The lowest BCUT2D eigenvalue weighted by Crippen LogP contribution is -2.29. The molecule has 1 aliphatic carbocycles. The average Bonchev–Trinajstić information content (AvgIpc) is 3.29. The van der Waals surface area contributed by atoms with E-state index in [0.717, 1.165) is 23.6 Å². The quantitative estimate of drug-likeness (QED) is 0.482. The first kappa shape index (κ1) is 18.8. The van der Waals surface area contributed by atoms with E-state index in [9.17, 15) is 0 Å². The lowest BCUT2D eigenvalue weighted by Gasteiger charge is -2.38. The van der Waals surface area contributed by atoms with Crippen molar-refractivity contribution in [2.75, 3.05) is 11.9 Å². The third-order valence-electron chi connectivity index (χ3n) is 6.15. The Kier molecular flexibility index (Phi) is 5.18. The molecule has 30 heavy (non-hydrogen) atoms. The predicted octanol–water partition coefficient (Wildman–Crippen LogP) is 6.49. The van der Waals surface area contributed by atoms with Gasteiger partial charge in [0.2, 0.25) is 0 Å². The number of benzene rings is 3. The van der Waals surface area contributed by atoms with Crippen molar-refractivity contribution in [3.8, 4) is 11.5 Å². The molecule has 3 unspecified atom stereocenters. The average molecular weight is 398 g/mol. The van der Waals surface area contributed by atoms with E-state index in [0.29, 0.717) is 25.0 Å². The Morgan fingerprint density at radius 3 is 2.53 bits per heavy atom. The summed E-state index contributed by atoms with van der Waals surface area (Å²) in [5, 5.41) is 3.84. The molecule has 5 rings (SSSR count). The summed E-state index contributed by atoms with van der Waals surface area (Å²) in [5.74, 6) is 2.77. The van der Waals surface area contributed by atoms with Crippen LogP contribution in [0.25, 0.3) is 0 Å². The highest BCUT2D eigenvalue weighted by Gasteiger charge is 2.38. The number of fused-ring (bicyclic) bond motifs is 3. The van der Waals surface area contributed by atoms with Gasteiger partial charge in [-0.15, -0.1) is 0 Å². The first-order chi connectivity index (χ1) is 14.8. The van der Waals surface area contributed by atoms with Crippen LogP contribution in [0.4, 0.5) is 5.69 Å². The maximum absolute atomic E-state index is 6.27. The number of ether oxygens (including phenoxy) is 2. The van der Waals surface area contributed by atoms with Gasteiger partial charge < -0.3 is 14.8 Å². The molecule has 0 spiro atoms. The Balaban J connectivity index is 1.45. The molecule has 0 radical (unpaired) electrons. The van der Waals surface area contributed by atoms with Crippen molar-refractivity contribution in [3.63, 3.8) is 0 Å². The summed E-state index contributed by atoms with van der Waals surface area (Å²) in [6, 6.07) is 25.5. The summed E-state index contributed by atoms with van der Waals surface area (Å²) >= 11 is 0. The molecule has 2 aliphatic rings. The molecule has 1 N–H and O–H groups in total. The fourth-order valence-corrected chi connectivity index (χ4v) is 4.72. The van der Waals surface area contributed by atoms with Gasteiger partial charge in [-0.05, 0) is 54.2 Å². The molecule has 0 saturated heterocycles. The van der Waals surface area contributed by atoms with E-state index in [4.69, 9.17) is 9.47 Å². The van der Waals surface area contributed by atoms with Gasteiger partial charge >= 0.3 is 0 Å². The van der Waals surface area contributed by atoms with Crippen LogP contribution in [0.15, 0.2) is 84.9 Å². The normalized spacial score (nSPS) is 21.4. The zero-order chi connectivity index (χ0) is 20.3. The molecule has 3 atom stereocenters. The Morgan fingerprint density at radius 2 is 1.73 bits per heavy atom. The SMILES string of the molecule is CCOc1ccc(C2Nc3c(OCc4ccccc4)cccc3C3C=CCC32)cc1. The van der Waals surface area contributed by atoms with Crippen LogP contribution >= 0.6 is 0 Å². The van der Waals surface area contributed by atoms with Crippen LogP contribution in [0.3, 0.4) is 0 Å². The van der Waals surface area contributed by atoms with E-state index in [1.807, 2.05) is 25.1 Å². The number of hydrogen-bond acceptors (Lipinski definition) is 3. The van der Waals surface area contributed by atoms with Crippen molar-refractivity contribution in [2.45, 2.75) is 31.9 Å². The molecule has 1 aliphatic heterocycles. The number of hydrogen-bond donors (Lipinski definition) is 1. The first-order valence-electron chi connectivity index (χ1n) is 10.8. The molecule has 0 saturated carbocycles.